The number of sulfone groups is 1. The first-order valence-corrected chi connectivity index (χ1v) is 11.2. The van der Waals surface area contributed by atoms with Gasteiger partial charge in [0, 0.05) is 10.4 Å². The van der Waals surface area contributed by atoms with Gasteiger partial charge in [-0.15, -0.1) is 0 Å². The van der Waals surface area contributed by atoms with Crippen molar-refractivity contribution in [2.75, 3.05) is 5.75 Å². The number of carbonyl (C=O) groups excluding carboxylic acids is 2. The molecule has 142 valence electrons. The molecule has 0 aromatic heterocycles. The zero-order valence-electron chi connectivity index (χ0n) is 14.1. The quantitative estimate of drug-likeness (QED) is 0.569. The van der Waals surface area contributed by atoms with Crippen LogP contribution in [0.4, 0.5) is 0 Å². The highest BCUT2D eigenvalue weighted by Gasteiger charge is 2.39. The van der Waals surface area contributed by atoms with Gasteiger partial charge >= 0.3 is 0 Å². The van der Waals surface area contributed by atoms with Crippen molar-refractivity contribution < 1.29 is 18.0 Å². The zero-order chi connectivity index (χ0) is 19.8. The molecule has 0 bridgehead atoms. The molecule has 2 amide bonds. The molecule has 1 fully saturated rings. The molecule has 1 aromatic carbocycles. The van der Waals surface area contributed by atoms with Crippen molar-refractivity contribution in [3.63, 3.8) is 0 Å². The molecule has 2 aliphatic rings. The molecule has 1 saturated heterocycles. The Morgan fingerprint density at radius 1 is 1.44 bits per heavy atom. The molecular weight excluding hydrogens is 428 g/mol. The van der Waals surface area contributed by atoms with Gasteiger partial charge in [-0.25, -0.2) is 8.42 Å². The van der Waals surface area contributed by atoms with Crippen LogP contribution in [0, 0.1) is 0 Å². The van der Waals surface area contributed by atoms with Gasteiger partial charge in [-0.1, -0.05) is 53.8 Å². The summed E-state index contributed by atoms with van der Waals surface area (Å²) in [5, 5.41) is 4.20. The topological polar surface area (TPSA) is 83.6 Å². The first kappa shape index (κ1) is 20.1. The maximum atomic E-state index is 12.7. The van der Waals surface area contributed by atoms with Crippen molar-refractivity contribution in [1.82, 2.24) is 10.2 Å². The highest BCUT2D eigenvalue weighted by atomic mass is 35.5. The maximum absolute atomic E-state index is 12.7. The minimum absolute atomic E-state index is 0.184. The van der Waals surface area contributed by atoms with Crippen molar-refractivity contribution in [3.05, 3.63) is 51.2 Å². The second kappa shape index (κ2) is 7.75. The fourth-order valence-corrected chi connectivity index (χ4v) is 5.47. The van der Waals surface area contributed by atoms with Gasteiger partial charge in [0.05, 0.1) is 16.7 Å². The second-order valence-electron chi connectivity index (χ2n) is 6.02. The SMILES string of the molecule is C[C@@H](C(=O)N[C@@H]1C=CS(=O)(=O)C1)N1C(=O)/C(=C\c2ccccc2Cl)SC1=S. The molecule has 2 aliphatic heterocycles. The van der Waals surface area contributed by atoms with Crippen LogP contribution in [0.3, 0.4) is 0 Å². The van der Waals surface area contributed by atoms with E-state index in [1.807, 2.05) is 0 Å². The van der Waals surface area contributed by atoms with Crippen LogP contribution in [0.1, 0.15) is 12.5 Å². The standard InChI is InChI=1S/C17H15ClN2O4S3/c1-10(15(21)19-12-6-7-27(23,24)9-12)20-16(22)14(26-17(20)25)8-11-4-2-3-5-13(11)18/h2-8,10,12H,9H2,1H3,(H,19,21)/b14-8+/t10-,12+/m0/s1. The van der Waals surface area contributed by atoms with E-state index in [2.05, 4.69) is 5.32 Å². The number of hydrogen-bond acceptors (Lipinski definition) is 6. The van der Waals surface area contributed by atoms with Crippen LogP contribution >= 0.6 is 35.6 Å². The van der Waals surface area contributed by atoms with Gasteiger partial charge in [-0.3, -0.25) is 14.5 Å². The fourth-order valence-electron chi connectivity index (χ4n) is 2.63. The Labute approximate surface area is 171 Å². The summed E-state index contributed by atoms with van der Waals surface area (Å²) < 4.78 is 23.2. The molecular formula is C17H15ClN2O4S3. The number of thiocarbonyl (C=S) groups is 1. The molecule has 6 nitrogen and oxygen atoms in total. The summed E-state index contributed by atoms with van der Waals surface area (Å²) in [5.74, 6) is -1.05. The summed E-state index contributed by atoms with van der Waals surface area (Å²) in [6.07, 6.45) is 3.06. The molecule has 0 radical (unpaired) electrons. The first-order valence-electron chi connectivity index (χ1n) is 7.91. The number of benzene rings is 1. The largest absolute Gasteiger partial charge is 0.347 e. The lowest BCUT2D eigenvalue weighted by Crippen LogP contribution is -2.49. The van der Waals surface area contributed by atoms with Crippen LogP contribution in [0.15, 0.2) is 40.7 Å². The van der Waals surface area contributed by atoms with Crippen molar-refractivity contribution in [3.8, 4) is 0 Å². The van der Waals surface area contributed by atoms with E-state index in [-0.39, 0.29) is 16.0 Å². The Kier molecular flexibility index (Phi) is 5.76. The summed E-state index contributed by atoms with van der Waals surface area (Å²) in [6.45, 7) is 1.55. The number of nitrogens with one attached hydrogen (secondary N) is 1. The van der Waals surface area contributed by atoms with E-state index in [0.717, 1.165) is 17.2 Å². The molecule has 0 spiro atoms. The lowest BCUT2D eigenvalue weighted by molar-refractivity contribution is -0.132. The summed E-state index contributed by atoms with van der Waals surface area (Å²) >= 11 is 12.5. The monoisotopic (exact) mass is 442 g/mol. The first-order chi connectivity index (χ1) is 12.7. The average Bonchev–Trinajstić information content (AvgIpc) is 3.07. The van der Waals surface area contributed by atoms with Crippen LogP contribution < -0.4 is 5.32 Å². The summed E-state index contributed by atoms with van der Waals surface area (Å²) in [6, 6.07) is 5.60. The molecule has 2 atom stereocenters. The number of halogens is 1. The summed E-state index contributed by atoms with van der Waals surface area (Å²) in [7, 11) is -3.28. The average molecular weight is 443 g/mol. The van der Waals surface area contributed by atoms with Crippen molar-refractivity contribution in [2.45, 2.75) is 19.0 Å². The molecule has 27 heavy (non-hydrogen) atoms. The van der Waals surface area contributed by atoms with Crippen LogP contribution in [0.25, 0.3) is 6.08 Å². The van der Waals surface area contributed by atoms with Gasteiger partial charge in [0.15, 0.2) is 9.84 Å². The molecule has 0 unspecified atom stereocenters. The van der Waals surface area contributed by atoms with Crippen molar-refractivity contribution >= 4 is 67.6 Å². The van der Waals surface area contributed by atoms with Gasteiger partial charge in [0.2, 0.25) is 5.91 Å². The van der Waals surface area contributed by atoms with Gasteiger partial charge in [0.1, 0.15) is 10.4 Å². The number of hydrogen-bond donors (Lipinski definition) is 1. The lowest BCUT2D eigenvalue weighted by atomic mass is 10.2. The third-order valence-corrected chi connectivity index (χ3v) is 7.11. The fraction of sp³-hybridized carbons (Fsp3) is 0.235. The highest BCUT2D eigenvalue weighted by molar-refractivity contribution is 8.26. The number of nitrogens with zero attached hydrogens (tertiary/aromatic N) is 1. The maximum Gasteiger partial charge on any atom is 0.266 e. The number of rotatable bonds is 4. The lowest BCUT2D eigenvalue weighted by Gasteiger charge is -2.23. The van der Waals surface area contributed by atoms with E-state index in [9.17, 15) is 18.0 Å². The van der Waals surface area contributed by atoms with Gasteiger partial charge in [-0.05, 0) is 30.7 Å². The van der Waals surface area contributed by atoms with Crippen LogP contribution in [0.5, 0.6) is 0 Å². The molecule has 0 aliphatic carbocycles. The highest BCUT2D eigenvalue weighted by Crippen LogP contribution is 2.35. The minimum atomic E-state index is -3.28. The van der Waals surface area contributed by atoms with Gasteiger partial charge in [0.25, 0.3) is 5.91 Å². The Bertz CT molecular complexity index is 988. The normalized spacial score (nSPS) is 23.9. The number of amides is 2. The second-order valence-corrected chi connectivity index (χ2v) is 10.0. The van der Waals surface area contributed by atoms with Gasteiger partial charge in [-0.2, -0.15) is 0 Å². The molecule has 0 saturated carbocycles. The van der Waals surface area contributed by atoms with E-state index in [1.165, 1.54) is 11.0 Å². The van der Waals surface area contributed by atoms with E-state index in [4.69, 9.17) is 23.8 Å². The molecule has 10 heteroatoms. The Morgan fingerprint density at radius 3 is 2.78 bits per heavy atom. The zero-order valence-corrected chi connectivity index (χ0v) is 17.3. The summed E-state index contributed by atoms with van der Waals surface area (Å²) in [5.41, 5.74) is 0.679. The van der Waals surface area contributed by atoms with Crippen LogP contribution in [-0.4, -0.2) is 47.3 Å². The van der Waals surface area contributed by atoms with Crippen LogP contribution in [0.2, 0.25) is 5.02 Å². The van der Waals surface area contributed by atoms with E-state index in [0.29, 0.717) is 15.5 Å². The third kappa shape index (κ3) is 4.43. The molecule has 2 heterocycles. The predicted octanol–water partition coefficient (Wildman–Crippen LogP) is 2.36. The number of carbonyl (C=O) groups is 2. The van der Waals surface area contributed by atoms with E-state index >= 15 is 0 Å². The molecule has 1 N–H and O–H groups in total. The third-order valence-electron chi connectivity index (χ3n) is 4.04. The minimum Gasteiger partial charge on any atom is -0.347 e. The molecule has 3 rings (SSSR count). The van der Waals surface area contributed by atoms with Gasteiger partial charge < -0.3 is 5.32 Å². The Morgan fingerprint density at radius 2 is 2.15 bits per heavy atom. The Hall–Kier alpha value is -1.68. The van der Waals surface area contributed by atoms with Crippen molar-refractivity contribution in [2.24, 2.45) is 0 Å². The van der Waals surface area contributed by atoms with Crippen LogP contribution in [-0.2, 0) is 19.4 Å². The number of thioether (sulfide) groups is 1. The molecule has 1 aromatic rings. The smallest absolute Gasteiger partial charge is 0.266 e. The Balaban J connectivity index is 1.74. The van der Waals surface area contributed by atoms with E-state index < -0.39 is 27.8 Å². The van der Waals surface area contributed by atoms with E-state index in [1.54, 1.807) is 37.3 Å². The van der Waals surface area contributed by atoms with Crippen molar-refractivity contribution in [1.29, 1.82) is 0 Å². The predicted molar refractivity (Wildman–Crippen MR) is 111 cm³/mol. The summed E-state index contributed by atoms with van der Waals surface area (Å²) in [4.78, 5) is 26.8.